The van der Waals surface area contributed by atoms with E-state index in [1.807, 2.05) is 20.8 Å². The fraction of sp³-hybridized carbons (Fsp3) is 0.562. The summed E-state index contributed by atoms with van der Waals surface area (Å²) in [4.78, 5) is 4.49. The molecule has 3 rings (SSSR count). The van der Waals surface area contributed by atoms with E-state index in [2.05, 4.69) is 4.98 Å². The Kier molecular flexibility index (Phi) is 4.19. The Morgan fingerprint density at radius 2 is 1.87 bits per heavy atom. The first-order valence-corrected chi connectivity index (χ1v) is 9.55. The van der Waals surface area contributed by atoms with Gasteiger partial charge in [0.15, 0.2) is 15.4 Å². The molecular formula is C16H20ClNO4S. The fourth-order valence-corrected chi connectivity index (χ4v) is 5.04. The van der Waals surface area contributed by atoms with Gasteiger partial charge in [0.05, 0.1) is 10.3 Å². The number of rotatable bonds is 2. The summed E-state index contributed by atoms with van der Waals surface area (Å²) in [5.41, 5.74) is 0.462. The van der Waals surface area contributed by atoms with Crippen LogP contribution in [0.1, 0.15) is 39.5 Å². The Morgan fingerprint density at radius 1 is 1.22 bits per heavy atom. The Labute approximate surface area is 140 Å². The molecule has 5 nitrogen and oxygen atoms in total. The molecule has 23 heavy (non-hydrogen) atoms. The molecule has 1 aliphatic heterocycles. The maximum absolute atomic E-state index is 13.1. The molecule has 0 radical (unpaired) electrons. The smallest absolute Gasteiger partial charge is 0.200 e. The van der Waals surface area contributed by atoms with Gasteiger partial charge in [-0.15, -0.1) is 0 Å². The van der Waals surface area contributed by atoms with E-state index < -0.39 is 15.1 Å². The summed E-state index contributed by atoms with van der Waals surface area (Å²) in [7, 11) is -3.60. The van der Waals surface area contributed by atoms with Crippen LogP contribution in [0.15, 0.2) is 21.4 Å². The van der Waals surface area contributed by atoms with Gasteiger partial charge in [-0.2, -0.15) is 0 Å². The second kappa shape index (κ2) is 5.76. The molecule has 126 valence electrons. The first-order chi connectivity index (χ1) is 10.7. The largest absolute Gasteiger partial charge is 0.439 e. The van der Waals surface area contributed by atoms with Crippen molar-refractivity contribution in [2.24, 2.45) is 0 Å². The lowest BCUT2D eigenvalue weighted by atomic mass is 9.97. The van der Waals surface area contributed by atoms with Crippen molar-refractivity contribution in [3.8, 4) is 0 Å². The van der Waals surface area contributed by atoms with Crippen molar-refractivity contribution >= 4 is 32.5 Å². The topological polar surface area (TPSA) is 69.4 Å². The number of ether oxygens (including phenoxy) is 1. The maximum atomic E-state index is 13.1. The number of benzene rings is 1. The number of hydrogen-bond donors (Lipinski definition) is 0. The molecule has 7 heteroatoms. The van der Waals surface area contributed by atoms with Crippen LogP contribution in [0.5, 0.6) is 0 Å². The van der Waals surface area contributed by atoms with E-state index in [4.69, 9.17) is 20.8 Å². The Balaban J connectivity index is 2.19. The number of halogens is 1. The van der Waals surface area contributed by atoms with Crippen LogP contribution in [0, 0.1) is 0 Å². The van der Waals surface area contributed by atoms with Crippen LogP contribution in [0.4, 0.5) is 0 Å². The van der Waals surface area contributed by atoms with Gasteiger partial charge >= 0.3 is 0 Å². The SMILES string of the molecule is CC(C)(C)c1nc2ccc(Cl)c(S(=O)(=O)C3CCOCC3)c2o1. The van der Waals surface area contributed by atoms with Gasteiger partial charge in [0.2, 0.25) is 5.89 Å². The highest BCUT2D eigenvalue weighted by Crippen LogP contribution is 2.37. The minimum atomic E-state index is -3.60. The van der Waals surface area contributed by atoms with E-state index in [9.17, 15) is 8.42 Å². The number of aromatic nitrogens is 1. The number of hydrogen-bond acceptors (Lipinski definition) is 5. The molecule has 0 N–H and O–H groups in total. The van der Waals surface area contributed by atoms with Gasteiger partial charge in [-0.05, 0) is 25.0 Å². The molecule has 0 unspecified atom stereocenters. The molecule has 1 aliphatic rings. The van der Waals surface area contributed by atoms with Gasteiger partial charge in [0.1, 0.15) is 10.4 Å². The fourth-order valence-electron chi connectivity index (χ4n) is 2.68. The Morgan fingerprint density at radius 3 is 2.48 bits per heavy atom. The normalized spacial score (nSPS) is 17.7. The van der Waals surface area contributed by atoms with Crippen molar-refractivity contribution < 1.29 is 17.6 Å². The number of oxazole rings is 1. The van der Waals surface area contributed by atoms with Crippen molar-refractivity contribution in [3.63, 3.8) is 0 Å². The molecule has 2 heterocycles. The highest BCUT2D eigenvalue weighted by molar-refractivity contribution is 7.92. The van der Waals surface area contributed by atoms with Crippen LogP contribution < -0.4 is 0 Å². The number of sulfone groups is 1. The van der Waals surface area contributed by atoms with E-state index in [1.54, 1.807) is 12.1 Å². The van der Waals surface area contributed by atoms with Crippen molar-refractivity contribution in [3.05, 3.63) is 23.0 Å². The lowest BCUT2D eigenvalue weighted by Gasteiger charge is -2.22. The zero-order chi connectivity index (χ0) is 16.8. The third-order valence-electron chi connectivity index (χ3n) is 4.00. The van der Waals surface area contributed by atoms with Gasteiger partial charge in [-0.3, -0.25) is 0 Å². The molecule has 1 fully saturated rings. The van der Waals surface area contributed by atoms with Crippen LogP contribution in [-0.2, 0) is 20.0 Å². The van der Waals surface area contributed by atoms with E-state index in [1.165, 1.54) is 0 Å². The lowest BCUT2D eigenvalue weighted by molar-refractivity contribution is 0.0983. The zero-order valence-electron chi connectivity index (χ0n) is 13.4. The van der Waals surface area contributed by atoms with Crippen LogP contribution in [0.3, 0.4) is 0 Å². The molecule has 1 saturated heterocycles. The summed E-state index contributed by atoms with van der Waals surface area (Å²) in [5.74, 6) is 0.498. The summed E-state index contributed by atoms with van der Waals surface area (Å²) < 4.78 is 37.2. The molecule has 0 atom stereocenters. The molecule has 1 aromatic carbocycles. The minimum Gasteiger partial charge on any atom is -0.439 e. The average Bonchev–Trinajstić information content (AvgIpc) is 2.91. The zero-order valence-corrected chi connectivity index (χ0v) is 15.0. The van der Waals surface area contributed by atoms with E-state index in [0.29, 0.717) is 37.5 Å². The summed E-state index contributed by atoms with van der Waals surface area (Å²) >= 11 is 6.23. The minimum absolute atomic E-state index is 0.0616. The Bertz CT molecular complexity index is 830. The van der Waals surface area contributed by atoms with Crippen molar-refractivity contribution in [2.45, 2.75) is 49.2 Å². The standard InChI is InChI=1S/C16H20ClNO4S/c1-16(2,3)15-18-12-5-4-11(17)14(13(12)22-15)23(19,20)10-6-8-21-9-7-10/h4-5,10H,6-9H2,1-3H3. The van der Waals surface area contributed by atoms with Crippen LogP contribution in [0.2, 0.25) is 5.02 Å². The number of fused-ring (bicyclic) bond motifs is 1. The third kappa shape index (κ3) is 2.99. The van der Waals surface area contributed by atoms with Crippen molar-refractivity contribution in [1.29, 1.82) is 0 Å². The van der Waals surface area contributed by atoms with Gasteiger partial charge in [0.25, 0.3) is 0 Å². The second-order valence-electron chi connectivity index (χ2n) is 6.85. The highest BCUT2D eigenvalue weighted by atomic mass is 35.5. The van der Waals surface area contributed by atoms with Crippen LogP contribution >= 0.6 is 11.6 Å². The first kappa shape index (κ1) is 16.7. The summed E-state index contributed by atoms with van der Waals surface area (Å²) in [5, 5.41) is -0.317. The third-order valence-corrected chi connectivity index (χ3v) is 6.75. The predicted molar refractivity (Wildman–Crippen MR) is 88.7 cm³/mol. The van der Waals surface area contributed by atoms with E-state index >= 15 is 0 Å². The molecule has 0 spiro atoms. The van der Waals surface area contributed by atoms with E-state index in [0.717, 1.165) is 0 Å². The van der Waals surface area contributed by atoms with E-state index in [-0.39, 0.29) is 20.9 Å². The van der Waals surface area contributed by atoms with Crippen molar-refractivity contribution in [2.75, 3.05) is 13.2 Å². The Hall–Kier alpha value is -1.11. The highest BCUT2D eigenvalue weighted by Gasteiger charge is 2.35. The van der Waals surface area contributed by atoms with Gasteiger partial charge in [-0.1, -0.05) is 32.4 Å². The molecular weight excluding hydrogens is 338 g/mol. The van der Waals surface area contributed by atoms with Gasteiger partial charge < -0.3 is 9.15 Å². The van der Waals surface area contributed by atoms with Gasteiger partial charge in [0, 0.05) is 18.6 Å². The molecule has 0 amide bonds. The second-order valence-corrected chi connectivity index (χ2v) is 9.42. The van der Waals surface area contributed by atoms with Gasteiger partial charge in [-0.25, -0.2) is 13.4 Å². The molecule has 0 saturated carbocycles. The van der Waals surface area contributed by atoms with Crippen LogP contribution in [0.25, 0.3) is 11.1 Å². The summed E-state index contributed by atoms with van der Waals surface area (Å²) in [6.07, 6.45) is 0.935. The molecule has 0 bridgehead atoms. The predicted octanol–water partition coefficient (Wildman–Crippen LogP) is 3.73. The lowest BCUT2D eigenvalue weighted by Crippen LogP contribution is -2.29. The summed E-state index contributed by atoms with van der Waals surface area (Å²) in [6, 6.07) is 3.27. The maximum Gasteiger partial charge on any atom is 0.200 e. The number of nitrogens with zero attached hydrogens (tertiary/aromatic N) is 1. The average molecular weight is 358 g/mol. The van der Waals surface area contributed by atoms with Crippen LogP contribution in [-0.4, -0.2) is 31.9 Å². The summed E-state index contributed by atoms with van der Waals surface area (Å²) in [6.45, 7) is 6.78. The molecule has 0 aliphatic carbocycles. The first-order valence-electron chi connectivity index (χ1n) is 7.62. The quantitative estimate of drug-likeness (QED) is 0.819. The van der Waals surface area contributed by atoms with Crippen molar-refractivity contribution in [1.82, 2.24) is 4.98 Å². The molecule has 2 aromatic rings. The molecule has 1 aromatic heterocycles. The monoisotopic (exact) mass is 357 g/mol.